The van der Waals surface area contributed by atoms with Gasteiger partial charge in [0.25, 0.3) is 0 Å². The lowest BCUT2D eigenvalue weighted by Gasteiger charge is -2.05. The molecule has 0 saturated carbocycles. The first-order chi connectivity index (χ1) is 7.74. The highest BCUT2D eigenvalue weighted by atomic mass is 79.9. The lowest BCUT2D eigenvalue weighted by molar-refractivity contribution is 0.112. The Labute approximate surface area is 103 Å². The maximum atomic E-state index is 11.0. The van der Waals surface area contributed by atoms with E-state index < -0.39 is 0 Å². The molecular weight excluding hydrogens is 266 g/mol. The second-order valence-electron chi connectivity index (χ2n) is 3.73. The lowest BCUT2D eigenvalue weighted by Crippen LogP contribution is -1.94. The second-order valence-corrected chi connectivity index (χ2v) is 4.65. The molecule has 0 unspecified atom stereocenters. The molecule has 0 atom stereocenters. The summed E-state index contributed by atoms with van der Waals surface area (Å²) >= 11 is 3.40. The van der Waals surface area contributed by atoms with Crippen molar-refractivity contribution >= 4 is 33.1 Å². The quantitative estimate of drug-likeness (QED) is 0.800. The highest BCUT2D eigenvalue weighted by Crippen LogP contribution is 2.22. The first kappa shape index (κ1) is 11.3. The van der Waals surface area contributed by atoms with Crippen LogP contribution in [0.25, 0.3) is 10.9 Å². The van der Waals surface area contributed by atoms with Crippen molar-refractivity contribution in [1.82, 2.24) is 4.98 Å². The average Bonchev–Trinajstić information content (AvgIpc) is 2.29. The minimum Gasteiger partial charge on any atom is -0.298 e. The number of carbonyl (C=O) groups is 1. The Morgan fingerprint density at radius 2 is 2.19 bits per heavy atom. The summed E-state index contributed by atoms with van der Waals surface area (Å²) in [5.74, 6) is 0. The van der Waals surface area contributed by atoms with Crippen LogP contribution in [0.2, 0.25) is 0 Å². The van der Waals surface area contributed by atoms with Gasteiger partial charge in [0.15, 0.2) is 6.29 Å². The van der Waals surface area contributed by atoms with Gasteiger partial charge in [-0.05, 0) is 30.7 Å². The number of carbonyl (C=O) groups excluding carboxylic acids is 1. The van der Waals surface area contributed by atoms with Crippen molar-refractivity contribution in [3.8, 4) is 0 Å². The summed E-state index contributed by atoms with van der Waals surface area (Å²) in [6.07, 6.45) is 2.84. The van der Waals surface area contributed by atoms with Crippen LogP contribution in [0.1, 0.15) is 29.4 Å². The van der Waals surface area contributed by atoms with E-state index in [0.29, 0.717) is 0 Å². The van der Waals surface area contributed by atoms with E-state index in [9.17, 15) is 4.79 Å². The monoisotopic (exact) mass is 277 g/mol. The summed E-state index contributed by atoms with van der Waals surface area (Å²) in [5.41, 5.74) is 2.59. The number of aromatic nitrogens is 1. The summed E-state index contributed by atoms with van der Waals surface area (Å²) in [6.45, 7) is 2.11. The number of aryl methyl sites for hydroxylation is 1. The van der Waals surface area contributed by atoms with Gasteiger partial charge < -0.3 is 0 Å². The molecule has 16 heavy (non-hydrogen) atoms. The predicted octanol–water partition coefficient (Wildman–Crippen LogP) is 3.76. The number of pyridine rings is 1. The van der Waals surface area contributed by atoms with E-state index in [-0.39, 0.29) is 0 Å². The van der Waals surface area contributed by atoms with Crippen LogP contribution in [-0.2, 0) is 6.42 Å². The number of hydrogen-bond acceptors (Lipinski definition) is 2. The molecule has 1 heterocycles. The zero-order valence-electron chi connectivity index (χ0n) is 9.03. The number of rotatable bonds is 3. The average molecular weight is 278 g/mol. The second kappa shape index (κ2) is 4.74. The molecule has 3 heteroatoms. The van der Waals surface area contributed by atoms with Crippen molar-refractivity contribution in [2.45, 2.75) is 19.8 Å². The van der Waals surface area contributed by atoms with Gasteiger partial charge in [-0.15, -0.1) is 0 Å². The lowest BCUT2D eigenvalue weighted by atomic mass is 10.1. The van der Waals surface area contributed by atoms with Crippen molar-refractivity contribution in [2.75, 3.05) is 0 Å². The minimum absolute atomic E-state index is 0.717. The Hall–Kier alpha value is -1.22. The van der Waals surface area contributed by atoms with Crippen LogP contribution in [0, 0.1) is 0 Å². The van der Waals surface area contributed by atoms with Crippen LogP contribution >= 0.6 is 15.9 Å². The molecule has 2 rings (SSSR count). The SMILES string of the molecule is CCCc1cc(C=O)c2cc(Br)ccc2n1. The van der Waals surface area contributed by atoms with Crippen molar-refractivity contribution in [1.29, 1.82) is 0 Å². The molecule has 0 N–H and O–H groups in total. The third kappa shape index (κ3) is 2.14. The van der Waals surface area contributed by atoms with Gasteiger partial charge in [-0.2, -0.15) is 0 Å². The standard InChI is InChI=1S/C13H12BrNO/c1-2-3-11-6-9(8-16)12-7-10(14)4-5-13(12)15-11/h4-8H,2-3H2,1H3. The van der Waals surface area contributed by atoms with E-state index in [0.717, 1.165) is 45.8 Å². The number of halogens is 1. The van der Waals surface area contributed by atoms with Crippen molar-refractivity contribution in [3.63, 3.8) is 0 Å². The van der Waals surface area contributed by atoms with Crippen molar-refractivity contribution in [3.05, 3.63) is 40.0 Å². The molecule has 2 aromatic rings. The van der Waals surface area contributed by atoms with Crippen molar-refractivity contribution < 1.29 is 4.79 Å². The third-order valence-corrected chi connectivity index (χ3v) is 2.98. The number of hydrogen-bond donors (Lipinski definition) is 0. The molecule has 0 fully saturated rings. The van der Waals surface area contributed by atoms with Crippen molar-refractivity contribution in [2.24, 2.45) is 0 Å². The Balaban J connectivity index is 2.68. The van der Waals surface area contributed by atoms with Gasteiger partial charge >= 0.3 is 0 Å². The van der Waals surface area contributed by atoms with Crippen LogP contribution in [0.3, 0.4) is 0 Å². The van der Waals surface area contributed by atoms with E-state index in [1.165, 1.54) is 0 Å². The normalized spacial score (nSPS) is 10.6. The van der Waals surface area contributed by atoms with E-state index >= 15 is 0 Å². The molecule has 0 saturated heterocycles. The topological polar surface area (TPSA) is 30.0 Å². The van der Waals surface area contributed by atoms with E-state index in [1.54, 1.807) is 0 Å². The molecule has 0 amide bonds. The van der Waals surface area contributed by atoms with Gasteiger partial charge in [-0.25, -0.2) is 0 Å². The number of nitrogens with zero attached hydrogens (tertiary/aromatic N) is 1. The molecule has 0 aliphatic carbocycles. The molecule has 0 aliphatic heterocycles. The predicted molar refractivity (Wildman–Crippen MR) is 68.8 cm³/mol. The van der Waals surface area contributed by atoms with Crippen LogP contribution in [0.15, 0.2) is 28.7 Å². The molecule has 82 valence electrons. The molecule has 0 radical (unpaired) electrons. The number of aldehydes is 1. The van der Waals surface area contributed by atoms with Gasteiger partial charge in [-0.1, -0.05) is 29.3 Å². The largest absolute Gasteiger partial charge is 0.298 e. The fourth-order valence-corrected chi connectivity index (χ4v) is 2.12. The summed E-state index contributed by atoms with van der Waals surface area (Å²) in [7, 11) is 0. The maximum Gasteiger partial charge on any atom is 0.150 e. The van der Waals surface area contributed by atoms with Crippen LogP contribution in [0.4, 0.5) is 0 Å². The molecule has 1 aromatic heterocycles. The summed E-state index contributed by atoms with van der Waals surface area (Å²) in [4.78, 5) is 15.6. The maximum absolute atomic E-state index is 11.0. The molecule has 0 bridgehead atoms. The molecular formula is C13H12BrNO. The van der Waals surface area contributed by atoms with Gasteiger partial charge in [0.05, 0.1) is 5.52 Å². The minimum atomic E-state index is 0.717. The molecule has 1 aromatic carbocycles. The van der Waals surface area contributed by atoms with E-state index in [4.69, 9.17) is 0 Å². The summed E-state index contributed by atoms with van der Waals surface area (Å²) < 4.78 is 0.966. The highest BCUT2D eigenvalue weighted by molar-refractivity contribution is 9.10. The first-order valence-electron chi connectivity index (χ1n) is 5.29. The van der Waals surface area contributed by atoms with Crippen LogP contribution in [0.5, 0.6) is 0 Å². The number of benzene rings is 1. The number of fused-ring (bicyclic) bond motifs is 1. The molecule has 2 nitrogen and oxygen atoms in total. The Morgan fingerprint density at radius 3 is 2.88 bits per heavy atom. The van der Waals surface area contributed by atoms with Gasteiger partial charge in [-0.3, -0.25) is 9.78 Å². The highest BCUT2D eigenvalue weighted by Gasteiger charge is 2.05. The zero-order chi connectivity index (χ0) is 11.5. The summed E-state index contributed by atoms with van der Waals surface area (Å²) in [6, 6.07) is 7.69. The molecule has 0 aliphatic rings. The van der Waals surface area contributed by atoms with Crippen LogP contribution < -0.4 is 0 Å². The smallest absolute Gasteiger partial charge is 0.150 e. The Kier molecular flexibility index (Phi) is 3.34. The van der Waals surface area contributed by atoms with Gasteiger partial charge in [0, 0.05) is 21.1 Å². The fourth-order valence-electron chi connectivity index (χ4n) is 1.76. The zero-order valence-corrected chi connectivity index (χ0v) is 10.6. The third-order valence-electron chi connectivity index (χ3n) is 2.49. The molecule has 0 spiro atoms. The fraction of sp³-hybridized carbons (Fsp3) is 0.231. The Bertz CT molecular complexity index is 537. The van der Waals surface area contributed by atoms with Gasteiger partial charge in [0.2, 0.25) is 0 Å². The first-order valence-corrected chi connectivity index (χ1v) is 6.08. The van der Waals surface area contributed by atoms with Crippen LogP contribution in [-0.4, -0.2) is 11.3 Å². The Morgan fingerprint density at radius 1 is 1.38 bits per heavy atom. The van der Waals surface area contributed by atoms with E-state index in [1.807, 2.05) is 24.3 Å². The van der Waals surface area contributed by atoms with E-state index in [2.05, 4.69) is 27.8 Å². The summed E-state index contributed by atoms with van der Waals surface area (Å²) in [5, 5.41) is 0.907. The van der Waals surface area contributed by atoms with Gasteiger partial charge in [0.1, 0.15) is 0 Å².